The Balaban J connectivity index is 1.53. The van der Waals surface area contributed by atoms with Crippen LogP contribution in [-0.2, 0) is 9.59 Å². The fraction of sp³-hybridized carbons (Fsp3) is 0.316. The number of amides is 2. The molecule has 148 valence electrons. The maximum atomic E-state index is 13.6. The molecule has 2 heterocycles. The molecule has 1 atom stereocenters. The van der Waals surface area contributed by atoms with Gasteiger partial charge < -0.3 is 15.0 Å². The third-order valence-electron chi connectivity index (χ3n) is 4.37. The third kappa shape index (κ3) is 5.16. The summed E-state index contributed by atoms with van der Waals surface area (Å²) < 4.78 is 31.7. The second-order valence-electron chi connectivity index (χ2n) is 6.39. The van der Waals surface area contributed by atoms with Gasteiger partial charge in [0.05, 0.1) is 10.9 Å². The van der Waals surface area contributed by atoms with Gasteiger partial charge >= 0.3 is 0 Å². The minimum absolute atomic E-state index is 0.199. The van der Waals surface area contributed by atoms with Crippen molar-refractivity contribution in [3.8, 4) is 5.75 Å². The van der Waals surface area contributed by atoms with Gasteiger partial charge in [0.15, 0.2) is 18.2 Å². The summed E-state index contributed by atoms with van der Waals surface area (Å²) in [5.74, 6) is -2.42. The number of nitrogens with zero attached hydrogens (tertiary/aromatic N) is 2. The molecule has 1 aromatic heterocycles. The van der Waals surface area contributed by atoms with Crippen LogP contribution in [0, 0.1) is 17.6 Å². The number of hydrogen-bond donors (Lipinski definition) is 1. The minimum atomic E-state index is -0.876. The lowest BCUT2D eigenvalue weighted by atomic mass is 9.97. The van der Waals surface area contributed by atoms with Gasteiger partial charge in [0.2, 0.25) is 5.91 Å². The Morgan fingerprint density at radius 1 is 1.29 bits per heavy atom. The number of benzene rings is 1. The average molecular weight is 410 g/mol. The molecule has 0 saturated carbocycles. The van der Waals surface area contributed by atoms with Gasteiger partial charge in [0, 0.05) is 25.4 Å². The number of halogens is 3. The van der Waals surface area contributed by atoms with E-state index in [-0.39, 0.29) is 24.1 Å². The molecule has 2 aromatic rings. The summed E-state index contributed by atoms with van der Waals surface area (Å²) in [6.07, 6.45) is 2.72. The number of piperidine rings is 1. The molecule has 6 nitrogen and oxygen atoms in total. The van der Waals surface area contributed by atoms with E-state index in [4.69, 9.17) is 16.3 Å². The van der Waals surface area contributed by atoms with Crippen LogP contribution in [-0.4, -0.2) is 41.4 Å². The molecule has 1 aromatic carbocycles. The maximum absolute atomic E-state index is 13.6. The number of carbonyl (C=O) groups is 2. The van der Waals surface area contributed by atoms with Gasteiger partial charge in [-0.15, -0.1) is 0 Å². The molecule has 0 spiro atoms. The molecule has 0 radical (unpaired) electrons. The van der Waals surface area contributed by atoms with Gasteiger partial charge in [-0.3, -0.25) is 9.59 Å². The number of hydrogen-bond acceptors (Lipinski definition) is 4. The minimum Gasteiger partial charge on any atom is -0.481 e. The van der Waals surface area contributed by atoms with Crippen molar-refractivity contribution in [1.82, 2.24) is 9.88 Å². The number of rotatable bonds is 5. The molecule has 1 aliphatic heterocycles. The van der Waals surface area contributed by atoms with Gasteiger partial charge in [-0.1, -0.05) is 11.6 Å². The third-order valence-corrected chi connectivity index (χ3v) is 4.59. The number of pyridine rings is 1. The molecule has 1 aliphatic rings. The van der Waals surface area contributed by atoms with Crippen molar-refractivity contribution >= 4 is 29.2 Å². The molecule has 9 heteroatoms. The summed E-state index contributed by atoms with van der Waals surface area (Å²) in [7, 11) is 0. The number of anilines is 1. The van der Waals surface area contributed by atoms with Crippen LogP contribution in [0.5, 0.6) is 5.75 Å². The molecule has 3 rings (SSSR count). The molecule has 0 aliphatic carbocycles. The first-order valence-corrected chi connectivity index (χ1v) is 9.08. The van der Waals surface area contributed by atoms with E-state index in [0.717, 1.165) is 12.1 Å². The lowest BCUT2D eigenvalue weighted by Crippen LogP contribution is -2.45. The lowest BCUT2D eigenvalue weighted by molar-refractivity contribution is -0.136. The fourth-order valence-corrected chi connectivity index (χ4v) is 3.03. The van der Waals surface area contributed by atoms with Gasteiger partial charge in [0.1, 0.15) is 11.6 Å². The van der Waals surface area contributed by atoms with Crippen molar-refractivity contribution in [1.29, 1.82) is 0 Å². The van der Waals surface area contributed by atoms with Crippen molar-refractivity contribution < 1.29 is 23.1 Å². The molecule has 1 saturated heterocycles. The van der Waals surface area contributed by atoms with Crippen molar-refractivity contribution in [3.05, 3.63) is 53.2 Å². The lowest BCUT2D eigenvalue weighted by Gasteiger charge is -2.32. The average Bonchev–Trinajstić information content (AvgIpc) is 2.69. The highest BCUT2D eigenvalue weighted by Gasteiger charge is 2.29. The van der Waals surface area contributed by atoms with Crippen LogP contribution in [0.15, 0.2) is 36.5 Å². The Kier molecular flexibility index (Phi) is 6.41. The topological polar surface area (TPSA) is 71.5 Å². The molecule has 1 N–H and O–H groups in total. The Morgan fingerprint density at radius 2 is 2.11 bits per heavy atom. The highest BCUT2D eigenvalue weighted by molar-refractivity contribution is 6.30. The second-order valence-corrected chi connectivity index (χ2v) is 6.83. The predicted molar refractivity (Wildman–Crippen MR) is 99.0 cm³/mol. The molecule has 1 fully saturated rings. The molecule has 28 heavy (non-hydrogen) atoms. The quantitative estimate of drug-likeness (QED) is 0.822. The van der Waals surface area contributed by atoms with Crippen molar-refractivity contribution in [2.75, 3.05) is 25.0 Å². The van der Waals surface area contributed by atoms with Crippen LogP contribution in [0.2, 0.25) is 5.02 Å². The van der Waals surface area contributed by atoms with Crippen LogP contribution in [0.4, 0.5) is 14.6 Å². The number of likely N-dealkylation sites (tertiary alicyclic amines) is 1. The normalized spacial score (nSPS) is 16.5. The van der Waals surface area contributed by atoms with Crippen LogP contribution in [0.1, 0.15) is 12.8 Å². The zero-order valence-corrected chi connectivity index (χ0v) is 15.6. The smallest absolute Gasteiger partial charge is 0.260 e. The van der Waals surface area contributed by atoms with Gasteiger partial charge in [-0.05, 0) is 37.1 Å². The highest BCUT2D eigenvalue weighted by atomic mass is 35.5. The Labute approximate surface area is 165 Å². The van der Waals surface area contributed by atoms with Crippen molar-refractivity contribution in [3.63, 3.8) is 0 Å². The Morgan fingerprint density at radius 3 is 2.82 bits per heavy atom. The zero-order chi connectivity index (χ0) is 20.1. The van der Waals surface area contributed by atoms with Crippen LogP contribution in [0.3, 0.4) is 0 Å². The standard InChI is InChI=1S/C19H18ClF2N3O3/c20-13-3-6-17(23-9-13)24-19(27)12-2-1-7-25(10-12)18(26)11-28-16-5-4-14(21)8-15(16)22/h3-6,8-9,12H,1-2,7,10-11H2,(H,23,24,27). The molecule has 0 bridgehead atoms. The van der Waals surface area contributed by atoms with E-state index in [9.17, 15) is 18.4 Å². The van der Waals surface area contributed by atoms with Crippen molar-refractivity contribution in [2.24, 2.45) is 5.92 Å². The Bertz CT molecular complexity index is 864. The van der Waals surface area contributed by atoms with E-state index in [2.05, 4.69) is 10.3 Å². The fourth-order valence-electron chi connectivity index (χ4n) is 2.92. The first kappa shape index (κ1) is 20.0. The SMILES string of the molecule is O=C(Nc1ccc(Cl)cn1)C1CCCN(C(=O)COc2ccc(F)cc2F)C1. The first-order valence-electron chi connectivity index (χ1n) is 8.70. The second kappa shape index (κ2) is 8.97. The van der Waals surface area contributed by atoms with E-state index in [1.807, 2.05) is 0 Å². The van der Waals surface area contributed by atoms with Gasteiger partial charge in [0.25, 0.3) is 5.91 Å². The van der Waals surface area contributed by atoms with Gasteiger partial charge in [-0.2, -0.15) is 0 Å². The number of nitrogens with one attached hydrogen (secondary N) is 1. The van der Waals surface area contributed by atoms with E-state index < -0.39 is 24.2 Å². The molecular weight excluding hydrogens is 392 g/mol. The van der Waals surface area contributed by atoms with E-state index >= 15 is 0 Å². The van der Waals surface area contributed by atoms with Gasteiger partial charge in [-0.25, -0.2) is 13.8 Å². The highest BCUT2D eigenvalue weighted by Crippen LogP contribution is 2.21. The predicted octanol–water partition coefficient (Wildman–Crippen LogP) is 3.27. The summed E-state index contributed by atoms with van der Waals surface area (Å²) in [5, 5.41) is 3.17. The first-order chi connectivity index (χ1) is 13.4. The largest absolute Gasteiger partial charge is 0.481 e. The molecule has 2 amide bonds. The summed E-state index contributed by atoms with van der Waals surface area (Å²) in [4.78, 5) is 30.3. The van der Waals surface area contributed by atoms with Crippen LogP contribution >= 0.6 is 11.6 Å². The van der Waals surface area contributed by atoms with E-state index in [1.54, 1.807) is 12.1 Å². The number of ether oxygens (including phenoxy) is 1. The summed E-state index contributed by atoms with van der Waals surface area (Å²) >= 11 is 5.77. The molecule has 1 unspecified atom stereocenters. The molecular formula is C19H18ClF2N3O3. The Hall–Kier alpha value is -2.74. The zero-order valence-electron chi connectivity index (χ0n) is 14.8. The van der Waals surface area contributed by atoms with Crippen molar-refractivity contribution in [2.45, 2.75) is 12.8 Å². The van der Waals surface area contributed by atoms with E-state index in [1.165, 1.54) is 11.1 Å². The maximum Gasteiger partial charge on any atom is 0.260 e. The van der Waals surface area contributed by atoms with Crippen LogP contribution in [0.25, 0.3) is 0 Å². The summed E-state index contributed by atoms with van der Waals surface area (Å²) in [5.41, 5.74) is 0. The summed E-state index contributed by atoms with van der Waals surface area (Å²) in [6.45, 7) is 0.320. The number of carbonyl (C=O) groups excluding carboxylic acids is 2. The monoisotopic (exact) mass is 409 g/mol. The summed E-state index contributed by atoms with van der Waals surface area (Å²) in [6, 6.07) is 6.08. The number of aromatic nitrogens is 1. The van der Waals surface area contributed by atoms with E-state index in [0.29, 0.717) is 36.3 Å². The van der Waals surface area contributed by atoms with Crippen LogP contribution < -0.4 is 10.1 Å².